The van der Waals surface area contributed by atoms with Gasteiger partial charge in [0.1, 0.15) is 5.75 Å². The fraction of sp³-hybridized carbons (Fsp3) is 0.235. The van der Waals surface area contributed by atoms with Gasteiger partial charge in [-0.1, -0.05) is 30.3 Å². The zero-order valence-electron chi connectivity index (χ0n) is 13.1. The van der Waals surface area contributed by atoms with Crippen LogP contribution in [0.25, 0.3) is 0 Å². The second-order valence-electron chi connectivity index (χ2n) is 5.24. The zero-order valence-corrected chi connectivity index (χ0v) is 14.0. The lowest BCUT2D eigenvalue weighted by atomic mass is 10.1. The molecule has 0 fully saturated rings. The normalized spacial score (nSPS) is 11.0. The van der Waals surface area contributed by atoms with Crippen LogP contribution in [-0.4, -0.2) is 27.5 Å². The number of para-hydroxylation sites is 1. The van der Waals surface area contributed by atoms with Crippen molar-refractivity contribution >= 4 is 15.9 Å². The van der Waals surface area contributed by atoms with Gasteiger partial charge in [0.25, 0.3) is 5.91 Å². The van der Waals surface area contributed by atoms with Gasteiger partial charge in [0.2, 0.25) is 10.0 Å². The standard InChI is InChI=1S/C17H20N2O4S/c18-24(21,22)16-10-8-14(9-11-16)5-4-12-19-17(20)13-23-15-6-2-1-3-7-15/h1-3,6-11H,4-5,12-13H2,(H,19,20)(H2,18,21,22). The second-order valence-corrected chi connectivity index (χ2v) is 6.81. The van der Waals surface area contributed by atoms with Crippen LogP contribution >= 0.6 is 0 Å². The van der Waals surface area contributed by atoms with Crippen LogP contribution in [-0.2, 0) is 21.2 Å². The first kappa shape index (κ1) is 18.0. The quantitative estimate of drug-likeness (QED) is 0.706. The fourth-order valence-corrected chi connectivity index (χ4v) is 2.60. The maximum atomic E-state index is 11.7. The number of rotatable bonds is 8. The van der Waals surface area contributed by atoms with Crippen LogP contribution in [0.15, 0.2) is 59.5 Å². The Hall–Kier alpha value is -2.38. The molecule has 0 aliphatic heterocycles. The minimum atomic E-state index is -3.66. The Balaban J connectivity index is 1.66. The highest BCUT2D eigenvalue weighted by Crippen LogP contribution is 2.10. The molecular formula is C17H20N2O4S. The predicted octanol–water partition coefficient (Wildman–Crippen LogP) is 1.46. The molecule has 0 spiro atoms. The third-order valence-corrected chi connectivity index (χ3v) is 4.26. The summed E-state index contributed by atoms with van der Waals surface area (Å²) in [5.74, 6) is 0.478. The first-order valence-corrected chi connectivity index (χ1v) is 9.06. The van der Waals surface area contributed by atoms with Crippen LogP contribution in [0.5, 0.6) is 5.75 Å². The van der Waals surface area contributed by atoms with Crippen molar-refractivity contribution in [3.63, 3.8) is 0 Å². The van der Waals surface area contributed by atoms with E-state index >= 15 is 0 Å². The molecular weight excluding hydrogens is 328 g/mol. The van der Waals surface area contributed by atoms with E-state index in [4.69, 9.17) is 9.88 Å². The summed E-state index contributed by atoms with van der Waals surface area (Å²) in [6, 6.07) is 15.6. The molecule has 0 aliphatic carbocycles. The number of hydrogen-bond donors (Lipinski definition) is 2. The Morgan fingerprint density at radius 3 is 2.33 bits per heavy atom. The van der Waals surface area contributed by atoms with Crippen molar-refractivity contribution in [2.75, 3.05) is 13.2 Å². The molecule has 0 saturated heterocycles. The number of carbonyl (C=O) groups excluding carboxylic acids is 1. The van der Waals surface area contributed by atoms with E-state index in [0.29, 0.717) is 12.3 Å². The minimum absolute atomic E-state index is 0.0208. The first-order chi connectivity index (χ1) is 11.4. The van der Waals surface area contributed by atoms with Gasteiger partial charge in [0, 0.05) is 6.54 Å². The van der Waals surface area contributed by atoms with Crippen LogP contribution in [0.4, 0.5) is 0 Å². The molecule has 0 radical (unpaired) electrons. The predicted molar refractivity (Wildman–Crippen MR) is 91.1 cm³/mol. The van der Waals surface area contributed by atoms with Gasteiger partial charge >= 0.3 is 0 Å². The summed E-state index contributed by atoms with van der Waals surface area (Å²) in [6.45, 7) is 0.501. The summed E-state index contributed by atoms with van der Waals surface area (Å²) in [5.41, 5.74) is 0.984. The summed E-state index contributed by atoms with van der Waals surface area (Å²) in [5, 5.41) is 7.82. The molecule has 2 rings (SSSR count). The summed E-state index contributed by atoms with van der Waals surface area (Å²) in [6.07, 6.45) is 1.47. The molecule has 0 unspecified atom stereocenters. The average molecular weight is 348 g/mol. The maximum absolute atomic E-state index is 11.7. The fourth-order valence-electron chi connectivity index (χ4n) is 2.08. The summed E-state index contributed by atoms with van der Waals surface area (Å²) >= 11 is 0. The zero-order chi connectivity index (χ0) is 17.4. The lowest BCUT2D eigenvalue weighted by molar-refractivity contribution is -0.123. The number of nitrogens with two attached hydrogens (primary N) is 1. The summed E-state index contributed by atoms with van der Waals surface area (Å²) < 4.78 is 27.7. The Kier molecular flexibility index (Phi) is 6.34. The number of sulfonamides is 1. The molecule has 0 saturated carbocycles. The molecule has 6 nitrogen and oxygen atoms in total. The van der Waals surface area contributed by atoms with Crippen molar-refractivity contribution in [2.45, 2.75) is 17.7 Å². The van der Waals surface area contributed by atoms with Gasteiger partial charge in [0.05, 0.1) is 4.90 Å². The Morgan fingerprint density at radius 2 is 1.71 bits per heavy atom. The average Bonchev–Trinajstić information content (AvgIpc) is 2.57. The van der Waals surface area contributed by atoms with Crippen molar-refractivity contribution in [2.24, 2.45) is 5.14 Å². The Bertz CT molecular complexity index is 759. The van der Waals surface area contributed by atoms with E-state index in [2.05, 4.69) is 5.32 Å². The van der Waals surface area contributed by atoms with Gasteiger partial charge in [-0.25, -0.2) is 13.6 Å². The summed E-state index contributed by atoms with van der Waals surface area (Å²) in [7, 11) is -3.66. The number of benzene rings is 2. The highest BCUT2D eigenvalue weighted by atomic mass is 32.2. The van der Waals surface area contributed by atoms with Crippen LogP contribution in [0.2, 0.25) is 0 Å². The number of amides is 1. The van der Waals surface area contributed by atoms with Gasteiger partial charge in [-0.2, -0.15) is 0 Å². The van der Waals surface area contributed by atoms with Crippen molar-refractivity contribution in [1.29, 1.82) is 0 Å². The van der Waals surface area contributed by atoms with Crippen LogP contribution in [0, 0.1) is 0 Å². The van der Waals surface area contributed by atoms with Crippen LogP contribution in [0.1, 0.15) is 12.0 Å². The molecule has 0 atom stereocenters. The molecule has 2 aromatic rings. The smallest absolute Gasteiger partial charge is 0.257 e. The topological polar surface area (TPSA) is 98.5 Å². The molecule has 1 amide bonds. The summed E-state index contributed by atoms with van der Waals surface area (Å²) in [4.78, 5) is 11.8. The maximum Gasteiger partial charge on any atom is 0.257 e. The number of aryl methyl sites for hydroxylation is 1. The molecule has 3 N–H and O–H groups in total. The minimum Gasteiger partial charge on any atom is -0.484 e. The highest BCUT2D eigenvalue weighted by Gasteiger charge is 2.07. The molecule has 0 heterocycles. The second kappa shape index (κ2) is 8.47. The molecule has 128 valence electrons. The number of nitrogens with one attached hydrogen (secondary N) is 1. The Morgan fingerprint density at radius 1 is 1.04 bits per heavy atom. The van der Waals surface area contributed by atoms with Gasteiger partial charge in [-0.05, 0) is 42.7 Å². The van der Waals surface area contributed by atoms with Crippen LogP contribution < -0.4 is 15.2 Å². The SMILES string of the molecule is NS(=O)(=O)c1ccc(CCCNC(=O)COc2ccccc2)cc1. The van der Waals surface area contributed by atoms with E-state index in [1.165, 1.54) is 12.1 Å². The van der Waals surface area contributed by atoms with E-state index in [0.717, 1.165) is 18.4 Å². The first-order valence-electron chi connectivity index (χ1n) is 7.51. The third-order valence-electron chi connectivity index (χ3n) is 3.33. The number of ether oxygens (including phenoxy) is 1. The molecule has 0 bridgehead atoms. The van der Waals surface area contributed by atoms with E-state index < -0.39 is 10.0 Å². The van der Waals surface area contributed by atoms with Crippen molar-refractivity contribution in [1.82, 2.24) is 5.32 Å². The lowest BCUT2D eigenvalue weighted by Gasteiger charge is -2.07. The molecule has 24 heavy (non-hydrogen) atoms. The number of hydrogen-bond acceptors (Lipinski definition) is 4. The molecule has 2 aromatic carbocycles. The largest absolute Gasteiger partial charge is 0.484 e. The van der Waals surface area contributed by atoms with Gasteiger partial charge in [-0.15, -0.1) is 0 Å². The number of primary sulfonamides is 1. The van der Waals surface area contributed by atoms with Gasteiger partial charge < -0.3 is 10.1 Å². The van der Waals surface area contributed by atoms with Crippen molar-refractivity contribution in [3.05, 3.63) is 60.2 Å². The van der Waals surface area contributed by atoms with Gasteiger partial charge in [-0.3, -0.25) is 4.79 Å². The Labute approximate surface area is 141 Å². The molecule has 7 heteroatoms. The molecule has 0 aromatic heterocycles. The molecule has 0 aliphatic rings. The van der Waals surface area contributed by atoms with E-state index in [9.17, 15) is 13.2 Å². The third kappa shape index (κ3) is 6.02. The van der Waals surface area contributed by atoms with Crippen molar-refractivity contribution < 1.29 is 17.9 Å². The van der Waals surface area contributed by atoms with E-state index in [1.807, 2.05) is 18.2 Å². The highest BCUT2D eigenvalue weighted by molar-refractivity contribution is 7.89. The van der Waals surface area contributed by atoms with Crippen LogP contribution in [0.3, 0.4) is 0 Å². The van der Waals surface area contributed by atoms with E-state index in [1.54, 1.807) is 24.3 Å². The van der Waals surface area contributed by atoms with E-state index in [-0.39, 0.29) is 17.4 Å². The lowest BCUT2D eigenvalue weighted by Crippen LogP contribution is -2.29. The number of carbonyl (C=O) groups is 1. The van der Waals surface area contributed by atoms with Gasteiger partial charge in [0.15, 0.2) is 6.61 Å². The van der Waals surface area contributed by atoms with Crippen molar-refractivity contribution in [3.8, 4) is 5.75 Å². The monoisotopic (exact) mass is 348 g/mol.